The summed E-state index contributed by atoms with van der Waals surface area (Å²) in [6, 6.07) is 5.58. The normalized spacial score (nSPS) is 14.9. The Morgan fingerprint density at radius 3 is 2.56 bits per heavy atom. The summed E-state index contributed by atoms with van der Waals surface area (Å²) in [5.41, 5.74) is 1.43. The molecule has 5 heteroatoms. The lowest BCUT2D eigenvalue weighted by atomic mass is 10.3. The predicted molar refractivity (Wildman–Crippen MR) is 72.0 cm³/mol. The number of nitrogens with zero attached hydrogens (tertiary/aromatic N) is 2. The average Bonchev–Trinajstić information content (AvgIpc) is 2.16. The van der Waals surface area contributed by atoms with Gasteiger partial charge in [-0.25, -0.2) is 9.19 Å². The number of pyridine rings is 1. The highest BCUT2D eigenvalue weighted by Gasteiger charge is 2.19. The maximum absolute atomic E-state index is 11.8. The van der Waals surface area contributed by atoms with Gasteiger partial charge >= 0.3 is 0 Å². The van der Waals surface area contributed by atoms with Gasteiger partial charge in [0.25, 0.3) is 0 Å². The fraction of sp³-hybridized carbons (Fsp3) is 0.455. The molecule has 0 aliphatic carbocycles. The highest BCUT2D eigenvalue weighted by Crippen LogP contribution is 2.14. The van der Waals surface area contributed by atoms with Crippen LogP contribution < -0.4 is 0 Å². The molecule has 3 nitrogen and oxygen atoms in total. The first-order chi connectivity index (χ1) is 7.30. The molecule has 1 atom stereocenters. The summed E-state index contributed by atoms with van der Waals surface area (Å²) < 4.78 is 16.4. The number of hydrogen-bond acceptors (Lipinski definition) is 2. The molecule has 0 aliphatic heterocycles. The van der Waals surface area contributed by atoms with Crippen LogP contribution in [0.3, 0.4) is 0 Å². The van der Waals surface area contributed by atoms with Crippen molar-refractivity contribution >= 4 is 32.6 Å². The first kappa shape index (κ1) is 13.5. The highest BCUT2D eigenvalue weighted by atomic mass is 79.9. The molecule has 0 bridgehead atoms. The highest BCUT2D eigenvalue weighted by molar-refractivity contribution is 9.10. The Bertz CT molecular complexity index is 438. The maximum atomic E-state index is 11.8. The van der Waals surface area contributed by atoms with E-state index in [1.54, 1.807) is 0 Å². The monoisotopic (exact) mass is 302 g/mol. The standard InChI is InChI=1S/C11H15BrN2OS/c1-8(14-16(15)11(2,3)4)9-6-5-7-10(12)13-9/h5-7H,1-4H3/b14-8-/t16-/m1/s1. The second-order valence-electron chi connectivity index (χ2n) is 4.38. The third-order valence-corrected chi connectivity index (χ3v) is 3.76. The van der Waals surface area contributed by atoms with Crippen molar-refractivity contribution in [3.8, 4) is 0 Å². The fourth-order valence-electron chi connectivity index (χ4n) is 0.918. The molecule has 0 radical (unpaired) electrons. The molecule has 1 aromatic rings. The molecule has 16 heavy (non-hydrogen) atoms. The lowest BCUT2D eigenvalue weighted by molar-refractivity contribution is 0.650. The van der Waals surface area contributed by atoms with Crippen LogP contribution in [0.15, 0.2) is 27.2 Å². The lowest BCUT2D eigenvalue weighted by Gasteiger charge is -2.13. The summed E-state index contributed by atoms with van der Waals surface area (Å²) in [5, 5.41) is 0. The Hall–Kier alpha value is -0.550. The smallest absolute Gasteiger partial charge is 0.145 e. The van der Waals surface area contributed by atoms with Crippen molar-refractivity contribution < 1.29 is 4.21 Å². The largest absolute Gasteiger partial charge is 0.240 e. The molecule has 1 aromatic heterocycles. The minimum absolute atomic E-state index is 0.340. The van der Waals surface area contributed by atoms with Crippen molar-refractivity contribution in [3.05, 3.63) is 28.5 Å². The van der Waals surface area contributed by atoms with Gasteiger partial charge in [-0.3, -0.25) is 0 Å². The minimum Gasteiger partial charge on any atom is -0.240 e. The maximum Gasteiger partial charge on any atom is 0.145 e. The summed E-state index contributed by atoms with van der Waals surface area (Å²) in [6.45, 7) is 7.51. The van der Waals surface area contributed by atoms with Crippen LogP contribution in [0.4, 0.5) is 0 Å². The molecule has 1 rings (SSSR count). The van der Waals surface area contributed by atoms with E-state index >= 15 is 0 Å². The van der Waals surface area contributed by atoms with Crippen molar-refractivity contribution in [2.45, 2.75) is 32.4 Å². The van der Waals surface area contributed by atoms with Crippen LogP contribution in [0.1, 0.15) is 33.4 Å². The Labute approximate surface area is 107 Å². The van der Waals surface area contributed by atoms with Crippen LogP contribution in [-0.4, -0.2) is 19.7 Å². The Morgan fingerprint density at radius 1 is 1.44 bits per heavy atom. The predicted octanol–water partition coefficient (Wildman–Crippen LogP) is 3.12. The van der Waals surface area contributed by atoms with Gasteiger partial charge in [0.2, 0.25) is 0 Å². The second kappa shape index (κ2) is 5.19. The summed E-state index contributed by atoms with van der Waals surface area (Å²) in [7, 11) is -1.24. The van der Waals surface area contributed by atoms with Gasteiger partial charge in [0.1, 0.15) is 15.6 Å². The number of rotatable bonds is 2. The third kappa shape index (κ3) is 3.79. The van der Waals surface area contributed by atoms with E-state index in [2.05, 4.69) is 25.3 Å². The van der Waals surface area contributed by atoms with Gasteiger partial charge in [-0.15, -0.1) is 0 Å². The van der Waals surface area contributed by atoms with E-state index in [4.69, 9.17) is 0 Å². The summed E-state index contributed by atoms with van der Waals surface area (Å²) in [6.07, 6.45) is 0. The van der Waals surface area contributed by atoms with Crippen LogP contribution >= 0.6 is 15.9 Å². The first-order valence-corrected chi connectivity index (χ1v) is 6.81. The zero-order chi connectivity index (χ0) is 12.3. The molecule has 0 aliphatic rings. The van der Waals surface area contributed by atoms with Crippen LogP contribution in [0.25, 0.3) is 0 Å². The van der Waals surface area contributed by atoms with Crippen LogP contribution in [-0.2, 0) is 11.0 Å². The molecule has 0 N–H and O–H groups in total. The van der Waals surface area contributed by atoms with Gasteiger partial charge in [0.05, 0.1) is 16.2 Å². The van der Waals surface area contributed by atoms with Crippen molar-refractivity contribution in [1.29, 1.82) is 0 Å². The molecular formula is C11H15BrN2OS. The quantitative estimate of drug-likeness (QED) is 0.622. The molecule has 0 aromatic carbocycles. The zero-order valence-electron chi connectivity index (χ0n) is 9.82. The first-order valence-electron chi connectivity index (χ1n) is 4.91. The molecule has 0 amide bonds. The number of hydrogen-bond donors (Lipinski definition) is 0. The fourth-order valence-corrected chi connectivity index (χ4v) is 1.88. The van der Waals surface area contributed by atoms with E-state index < -0.39 is 11.0 Å². The molecule has 1 heterocycles. The van der Waals surface area contributed by atoms with Gasteiger partial charge in [-0.05, 0) is 55.8 Å². The van der Waals surface area contributed by atoms with E-state index in [-0.39, 0.29) is 4.75 Å². The summed E-state index contributed by atoms with van der Waals surface area (Å²) in [5.74, 6) is 0. The number of halogens is 1. The van der Waals surface area contributed by atoms with Crippen molar-refractivity contribution in [3.63, 3.8) is 0 Å². The SMILES string of the molecule is C/C(=N/[S@](=O)C(C)(C)C)c1cccc(Br)n1. The van der Waals surface area contributed by atoms with E-state index in [0.29, 0.717) is 5.71 Å². The third-order valence-electron chi connectivity index (χ3n) is 1.83. The minimum atomic E-state index is -1.24. The Morgan fingerprint density at radius 2 is 2.06 bits per heavy atom. The van der Waals surface area contributed by atoms with Gasteiger partial charge in [-0.1, -0.05) is 6.07 Å². The van der Waals surface area contributed by atoms with E-state index in [0.717, 1.165) is 10.3 Å². The van der Waals surface area contributed by atoms with Crippen LogP contribution in [0, 0.1) is 0 Å². The Kier molecular flexibility index (Phi) is 4.38. The number of aromatic nitrogens is 1. The molecule has 88 valence electrons. The van der Waals surface area contributed by atoms with Gasteiger partial charge in [0, 0.05) is 0 Å². The average molecular weight is 303 g/mol. The van der Waals surface area contributed by atoms with Crippen LogP contribution in [0.2, 0.25) is 0 Å². The van der Waals surface area contributed by atoms with Crippen molar-refractivity contribution in [1.82, 2.24) is 4.98 Å². The molecular weight excluding hydrogens is 288 g/mol. The van der Waals surface area contributed by atoms with Crippen molar-refractivity contribution in [2.75, 3.05) is 0 Å². The molecule has 0 saturated carbocycles. The molecule has 0 fully saturated rings. The zero-order valence-corrected chi connectivity index (χ0v) is 12.2. The summed E-state index contributed by atoms with van der Waals surface area (Å²) in [4.78, 5) is 4.26. The van der Waals surface area contributed by atoms with Gasteiger partial charge in [-0.2, -0.15) is 4.40 Å². The van der Waals surface area contributed by atoms with Crippen molar-refractivity contribution in [2.24, 2.45) is 4.40 Å². The molecule has 0 spiro atoms. The molecule has 0 saturated heterocycles. The second-order valence-corrected chi connectivity index (χ2v) is 7.10. The lowest BCUT2D eigenvalue weighted by Crippen LogP contribution is -2.20. The van der Waals surface area contributed by atoms with Gasteiger partial charge in [0.15, 0.2) is 0 Å². The molecule has 0 unspecified atom stereocenters. The van der Waals surface area contributed by atoms with Crippen LogP contribution in [0.5, 0.6) is 0 Å². The Balaban J connectivity index is 2.99. The topological polar surface area (TPSA) is 42.3 Å². The van der Waals surface area contributed by atoms with E-state index in [9.17, 15) is 4.21 Å². The van der Waals surface area contributed by atoms with Gasteiger partial charge < -0.3 is 0 Å². The summed E-state index contributed by atoms with van der Waals surface area (Å²) >= 11 is 3.29. The van der Waals surface area contributed by atoms with E-state index in [1.807, 2.05) is 45.9 Å². The van der Waals surface area contributed by atoms with E-state index in [1.165, 1.54) is 0 Å².